The van der Waals surface area contributed by atoms with E-state index in [-0.39, 0.29) is 18.7 Å². The van der Waals surface area contributed by atoms with E-state index >= 15 is 0 Å². The molecule has 2 aliphatic heterocycles. The molecule has 3 aromatic rings. The summed E-state index contributed by atoms with van der Waals surface area (Å²) < 4.78 is 11.9. The first kappa shape index (κ1) is 17.5. The van der Waals surface area contributed by atoms with Crippen LogP contribution in [0.2, 0.25) is 0 Å². The maximum atomic E-state index is 12.7. The second kappa shape index (κ2) is 7.41. The Bertz CT molecular complexity index is 986. The minimum Gasteiger partial charge on any atom is -0.454 e. The molecule has 1 fully saturated rings. The van der Waals surface area contributed by atoms with Crippen molar-refractivity contribution >= 4 is 33.1 Å². The van der Waals surface area contributed by atoms with Crippen LogP contribution in [-0.4, -0.2) is 35.7 Å². The van der Waals surface area contributed by atoms with Crippen LogP contribution in [0.5, 0.6) is 11.5 Å². The number of aromatic nitrogens is 1. The summed E-state index contributed by atoms with van der Waals surface area (Å²) in [5, 5.41) is 4.09. The van der Waals surface area contributed by atoms with Crippen LogP contribution < -0.4 is 14.8 Å². The molecule has 1 atom stereocenters. The van der Waals surface area contributed by atoms with Gasteiger partial charge in [0.05, 0.1) is 22.8 Å². The van der Waals surface area contributed by atoms with E-state index in [2.05, 4.69) is 22.3 Å². The van der Waals surface area contributed by atoms with E-state index in [4.69, 9.17) is 14.5 Å². The average molecular weight is 395 g/mol. The first-order valence-corrected chi connectivity index (χ1v) is 10.4. The maximum absolute atomic E-state index is 12.7. The Morgan fingerprint density at radius 2 is 2.07 bits per heavy atom. The van der Waals surface area contributed by atoms with E-state index in [9.17, 15) is 4.79 Å². The first-order valence-electron chi connectivity index (χ1n) is 9.55. The predicted molar refractivity (Wildman–Crippen MR) is 109 cm³/mol. The van der Waals surface area contributed by atoms with Gasteiger partial charge >= 0.3 is 0 Å². The highest BCUT2D eigenvalue weighted by Gasteiger charge is 2.28. The molecule has 0 bridgehead atoms. The molecule has 2 aromatic carbocycles. The lowest BCUT2D eigenvalue weighted by Crippen LogP contribution is -2.39. The van der Waals surface area contributed by atoms with Gasteiger partial charge in [-0.2, -0.15) is 0 Å². The lowest BCUT2D eigenvalue weighted by molar-refractivity contribution is -0.118. The van der Waals surface area contributed by atoms with Gasteiger partial charge in [0.25, 0.3) is 0 Å². The Balaban J connectivity index is 1.30. The van der Waals surface area contributed by atoms with E-state index in [1.165, 1.54) is 11.1 Å². The van der Waals surface area contributed by atoms with Gasteiger partial charge in [-0.1, -0.05) is 18.6 Å². The van der Waals surface area contributed by atoms with Crippen LogP contribution >= 0.6 is 11.3 Å². The number of carbonyl (C=O) groups excluding carboxylic acids is 1. The number of nitrogens with zero attached hydrogens (tertiary/aromatic N) is 2. The molecule has 5 rings (SSSR count). The maximum Gasteiger partial charge on any atom is 0.238 e. The molecule has 1 aromatic heterocycles. The van der Waals surface area contributed by atoms with Crippen LogP contribution in [-0.2, 0) is 4.79 Å². The fourth-order valence-corrected chi connectivity index (χ4v) is 4.99. The van der Waals surface area contributed by atoms with Gasteiger partial charge in [-0.25, -0.2) is 4.98 Å². The molecule has 3 heterocycles. The third-order valence-electron chi connectivity index (χ3n) is 5.21. The smallest absolute Gasteiger partial charge is 0.238 e. The molecule has 1 saturated heterocycles. The van der Waals surface area contributed by atoms with Crippen LogP contribution in [0.15, 0.2) is 42.5 Å². The van der Waals surface area contributed by atoms with Gasteiger partial charge in [-0.3, -0.25) is 9.69 Å². The number of thiazole rings is 1. The zero-order chi connectivity index (χ0) is 18.9. The van der Waals surface area contributed by atoms with Crippen molar-refractivity contribution in [1.29, 1.82) is 0 Å². The van der Waals surface area contributed by atoms with Gasteiger partial charge in [0.2, 0.25) is 12.7 Å². The molecule has 28 heavy (non-hydrogen) atoms. The van der Waals surface area contributed by atoms with Crippen molar-refractivity contribution in [3.05, 3.63) is 47.5 Å². The van der Waals surface area contributed by atoms with E-state index in [0.29, 0.717) is 18.0 Å². The lowest BCUT2D eigenvalue weighted by Gasteiger charge is -2.33. The molecule has 144 valence electrons. The average Bonchev–Trinajstić information content (AvgIpc) is 3.34. The molecule has 0 saturated carbocycles. The number of carbonyl (C=O) groups is 1. The van der Waals surface area contributed by atoms with Crippen LogP contribution in [0.25, 0.3) is 10.2 Å². The highest BCUT2D eigenvalue weighted by Crippen LogP contribution is 2.36. The minimum absolute atomic E-state index is 0.0214. The van der Waals surface area contributed by atoms with E-state index in [1.807, 2.05) is 30.3 Å². The van der Waals surface area contributed by atoms with Crippen LogP contribution in [0, 0.1) is 0 Å². The number of nitrogens with one attached hydrogen (secondary N) is 1. The highest BCUT2D eigenvalue weighted by atomic mass is 32.1. The first-order chi connectivity index (χ1) is 13.8. The number of ether oxygens (including phenoxy) is 2. The number of likely N-dealkylation sites (tertiary alicyclic amines) is 1. The molecule has 0 radical (unpaired) electrons. The largest absolute Gasteiger partial charge is 0.454 e. The van der Waals surface area contributed by atoms with Crippen molar-refractivity contribution in [2.45, 2.75) is 25.3 Å². The Hall–Kier alpha value is -2.64. The van der Waals surface area contributed by atoms with E-state index in [0.717, 1.165) is 35.6 Å². The number of amides is 1. The summed E-state index contributed by atoms with van der Waals surface area (Å²) in [5.74, 6) is 1.36. The number of para-hydroxylation sites is 1. The van der Waals surface area contributed by atoms with Crippen LogP contribution in [0.4, 0.5) is 5.69 Å². The van der Waals surface area contributed by atoms with Crippen molar-refractivity contribution in [3.8, 4) is 11.5 Å². The zero-order valence-corrected chi connectivity index (χ0v) is 16.2. The second-order valence-corrected chi connectivity index (χ2v) is 8.18. The Kier molecular flexibility index (Phi) is 4.62. The molecule has 0 spiro atoms. The van der Waals surface area contributed by atoms with Crippen molar-refractivity contribution in [2.75, 3.05) is 25.2 Å². The van der Waals surface area contributed by atoms with Gasteiger partial charge < -0.3 is 14.8 Å². The number of hydrogen-bond acceptors (Lipinski definition) is 6. The summed E-state index contributed by atoms with van der Waals surface area (Å²) in [6.45, 7) is 1.49. The quantitative estimate of drug-likeness (QED) is 0.718. The molecular formula is C21H21N3O3S. The fraction of sp³-hybridized carbons (Fsp3) is 0.333. The Morgan fingerprint density at radius 3 is 3.00 bits per heavy atom. The summed E-state index contributed by atoms with van der Waals surface area (Å²) in [7, 11) is 0. The molecule has 6 nitrogen and oxygen atoms in total. The van der Waals surface area contributed by atoms with Crippen molar-refractivity contribution < 1.29 is 14.3 Å². The number of hydrogen-bond donors (Lipinski definition) is 1. The lowest BCUT2D eigenvalue weighted by atomic mass is 10.0. The monoisotopic (exact) mass is 395 g/mol. The summed E-state index contributed by atoms with van der Waals surface area (Å²) in [5.41, 5.74) is 1.76. The molecular weight excluding hydrogens is 374 g/mol. The molecule has 1 N–H and O–H groups in total. The number of anilines is 1. The van der Waals surface area contributed by atoms with Crippen LogP contribution in [0.3, 0.4) is 0 Å². The van der Waals surface area contributed by atoms with E-state index in [1.54, 1.807) is 11.3 Å². The van der Waals surface area contributed by atoms with Gasteiger partial charge in [0.1, 0.15) is 5.01 Å². The standard InChI is InChI=1S/C21H21N3O3S/c25-20(22-14-8-9-17-18(11-14)27-13-26-17)12-24-10-4-3-6-16(24)21-23-15-5-1-2-7-19(15)28-21/h1-2,5,7-9,11,16H,3-4,6,10,12-13H2,(H,22,25)/t16-/m1/s1. The number of rotatable bonds is 4. The third kappa shape index (κ3) is 3.43. The zero-order valence-electron chi connectivity index (χ0n) is 15.4. The molecule has 0 aliphatic carbocycles. The summed E-state index contributed by atoms with van der Waals surface area (Å²) in [6.07, 6.45) is 3.32. The topological polar surface area (TPSA) is 63.7 Å². The van der Waals surface area contributed by atoms with E-state index < -0.39 is 0 Å². The normalized spacial score (nSPS) is 19.1. The number of benzene rings is 2. The molecule has 0 unspecified atom stereocenters. The minimum atomic E-state index is -0.0214. The molecule has 1 amide bonds. The Labute approximate surface area is 167 Å². The number of piperidine rings is 1. The Morgan fingerprint density at radius 1 is 1.18 bits per heavy atom. The highest BCUT2D eigenvalue weighted by molar-refractivity contribution is 7.18. The van der Waals surface area contributed by atoms with Gasteiger partial charge in [0, 0.05) is 11.8 Å². The van der Waals surface area contributed by atoms with Gasteiger partial charge in [0.15, 0.2) is 11.5 Å². The summed E-state index contributed by atoms with van der Waals surface area (Å²) in [6, 6.07) is 13.9. The summed E-state index contributed by atoms with van der Waals surface area (Å²) in [4.78, 5) is 19.8. The van der Waals surface area contributed by atoms with Crippen LogP contribution in [0.1, 0.15) is 30.3 Å². The van der Waals surface area contributed by atoms with Crippen molar-refractivity contribution in [1.82, 2.24) is 9.88 Å². The van der Waals surface area contributed by atoms with Crippen molar-refractivity contribution in [2.24, 2.45) is 0 Å². The van der Waals surface area contributed by atoms with Gasteiger partial charge in [-0.05, 0) is 43.7 Å². The molecule has 7 heteroatoms. The summed E-state index contributed by atoms with van der Waals surface area (Å²) >= 11 is 1.74. The second-order valence-electron chi connectivity index (χ2n) is 7.12. The van der Waals surface area contributed by atoms with Gasteiger partial charge in [-0.15, -0.1) is 11.3 Å². The SMILES string of the molecule is O=C(CN1CCCC[C@@H]1c1nc2ccccc2s1)Nc1ccc2c(c1)OCO2. The number of fused-ring (bicyclic) bond motifs is 2. The van der Waals surface area contributed by atoms with Crippen molar-refractivity contribution in [3.63, 3.8) is 0 Å². The fourth-order valence-electron chi connectivity index (χ4n) is 3.85. The molecule has 2 aliphatic rings. The predicted octanol–water partition coefficient (Wildman–Crippen LogP) is 4.19. The third-order valence-corrected chi connectivity index (χ3v) is 6.35.